The van der Waals surface area contributed by atoms with Crippen molar-refractivity contribution in [3.05, 3.63) is 29.3 Å². The monoisotopic (exact) mass is 300 g/mol. The van der Waals surface area contributed by atoms with Gasteiger partial charge in [-0.25, -0.2) is 13.4 Å². The Morgan fingerprint density at radius 1 is 1.37 bits per heavy atom. The Bertz CT molecular complexity index is 725. The Hall–Kier alpha value is -1.27. The maximum atomic E-state index is 11.5. The summed E-state index contributed by atoms with van der Waals surface area (Å²) < 4.78 is 24.7. The first kappa shape index (κ1) is 12.7. The summed E-state index contributed by atoms with van der Waals surface area (Å²) in [5.74, 6) is 1.23. The zero-order valence-corrected chi connectivity index (χ0v) is 11.7. The van der Waals surface area contributed by atoms with Crippen LogP contribution in [0.3, 0.4) is 0 Å². The fraction of sp³-hybridized carbons (Fsp3) is 0.417. The van der Waals surface area contributed by atoms with Crippen molar-refractivity contribution in [3.8, 4) is 5.75 Å². The fourth-order valence-corrected chi connectivity index (χ4v) is 4.30. The van der Waals surface area contributed by atoms with Crippen molar-refractivity contribution in [2.75, 3.05) is 11.5 Å². The van der Waals surface area contributed by atoms with Gasteiger partial charge in [0.2, 0.25) is 0 Å². The number of hydrogen-bond donors (Lipinski definition) is 1. The summed E-state index contributed by atoms with van der Waals surface area (Å²) in [6.07, 6.45) is 2.88. The maximum absolute atomic E-state index is 11.5. The average molecular weight is 301 g/mol. The quantitative estimate of drug-likeness (QED) is 0.874. The second-order valence-electron chi connectivity index (χ2n) is 4.80. The van der Waals surface area contributed by atoms with Crippen molar-refractivity contribution in [3.63, 3.8) is 0 Å². The van der Waals surface area contributed by atoms with Gasteiger partial charge in [0, 0.05) is 12.1 Å². The number of aromatic nitrogens is 2. The predicted octanol–water partition coefficient (Wildman–Crippen LogP) is 1.99. The average Bonchev–Trinajstić information content (AvgIpc) is 2.68. The number of sulfone groups is 1. The Morgan fingerprint density at radius 3 is 2.74 bits per heavy atom. The molecular weight excluding hydrogens is 288 g/mol. The Balaban J connectivity index is 2.05. The van der Waals surface area contributed by atoms with E-state index in [4.69, 9.17) is 11.6 Å². The Morgan fingerprint density at radius 2 is 2.05 bits per heavy atom. The number of rotatable bonds is 1. The number of hydrogen-bond acceptors (Lipinski definition) is 4. The smallest absolute Gasteiger partial charge is 0.158 e. The molecule has 1 aliphatic rings. The number of pyridine rings is 1. The molecule has 7 heteroatoms. The van der Waals surface area contributed by atoms with Crippen molar-refractivity contribution in [2.45, 2.75) is 18.8 Å². The minimum atomic E-state index is -2.90. The molecule has 0 aliphatic carbocycles. The van der Waals surface area contributed by atoms with Gasteiger partial charge < -0.3 is 5.11 Å². The van der Waals surface area contributed by atoms with E-state index in [-0.39, 0.29) is 28.3 Å². The van der Waals surface area contributed by atoms with E-state index in [2.05, 4.69) is 4.98 Å². The van der Waals surface area contributed by atoms with Gasteiger partial charge in [0.25, 0.3) is 0 Å². The van der Waals surface area contributed by atoms with Crippen molar-refractivity contribution in [1.29, 1.82) is 0 Å². The number of nitrogens with zero attached hydrogens (tertiary/aromatic N) is 2. The summed E-state index contributed by atoms with van der Waals surface area (Å²) in [6, 6.07) is 3.27. The van der Waals surface area contributed by atoms with Gasteiger partial charge in [0.15, 0.2) is 5.15 Å². The van der Waals surface area contributed by atoms with Crippen molar-refractivity contribution < 1.29 is 13.5 Å². The molecule has 5 nitrogen and oxygen atoms in total. The Labute approximate surface area is 115 Å². The first-order valence-electron chi connectivity index (χ1n) is 6.04. The number of aromatic hydroxyl groups is 1. The van der Waals surface area contributed by atoms with Crippen LogP contribution in [0.4, 0.5) is 0 Å². The molecule has 3 rings (SSSR count). The molecule has 0 bridgehead atoms. The fourth-order valence-electron chi connectivity index (χ4n) is 2.54. The van der Waals surface area contributed by atoms with E-state index in [1.165, 1.54) is 0 Å². The molecule has 0 saturated carbocycles. The second kappa shape index (κ2) is 4.38. The zero-order valence-electron chi connectivity index (χ0n) is 10.1. The van der Waals surface area contributed by atoms with Gasteiger partial charge >= 0.3 is 0 Å². The minimum absolute atomic E-state index is 0.0605. The molecule has 102 valence electrons. The highest BCUT2D eigenvalue weighted by atomic mass is 35.5. The van der Waals surface area contributed by atoms with Gasteiger partial charge in [-0.15, -0.1) is 0 Å². The van der Waals surface area contributed by atoms with Crippen molar-refractivity contribution in [2.24, 2.45) is 0 Å². The van der Waals surface area contributed by atoms with E-state index in [9.17, 15) is 13.5 Å². The van der Waals surface area contributed by atoms with Crippen LogP contribution >= 0.6 is 11.6 Å². The molecule has 0 amide bonds. The lowest BCUT2D eigenvalue weighted by atomic mass is 10.0. The number of halogens is 1. The molecule has 3 heterocycles. The highest BCUT2D eigenvalue weighted by Gasteiger charge is 2.28. The molecule has 2 aromatic heterocycles. The van der Waals surface area contributed by atoms with Crippen LogP contribution in [-0.2, 0) is 9.84 Å². The summed E-state index contributed by atoms with van der Waals surface area (Å²) in [6.45, 7) is 0. The van der Waals surface area contributed by atoms with Crippen molar-refractivity contribution in [1.82, 2.24) is 9.38 Å². The van der Waals surface area contributed by atoms with Crippen molar-refractivity contribution >= 4 is 27.0 Å². The van der Waals surface area contributed by atoms with Crippen LogP contribution in [-0.4, -0.2) is 34.4 Å². The van der Waals surface area contributed by atoms with Crippen LogP contribution in [0.1, 0.15) is 24.6 Å². The minimum Gasteiger partial charge on any atom is -0.506 e. The third-order valence-electron chi connectivity index (χ3n) is 3.55. The van der Waals surface area contributed by atoms with Crippen LogP contribution in [0.2, 0.25) is 5.15 Å². The molecule has 1 aliphatic heterocycles. The summed E-state index contributed by atoms with van der Waals surface area (Å²) in [5, 5.41) is 10.1. The first-order valence-corrected chi connectivity index (χ1v) is 8.24. The molecule has 0 radical (unpaired) electrons. The molecule has 0 spiro atoms. The summed E-state index contributed by atoms with van der Waals surface area (Å²) in [7, 11) is -2.90. The van der Waals surface area contributed by atoms with Crippen LogP contribution in [0, 0.1) is 0 Å². The summed E-state index contributed by atoms with van der Waals surface area (Å²) in [5.41, 5.74) is 0.479. The third-order valence-corrected chi connectivity index (χ3v) is 5.53. The highest BCUT2D eigenvalue weighted by molar-refractivity contribution is 7.91. The van der Waals surface area contributed by atoms with Gasteiger partial charge in [-0.1, -0.05) is 11.6 Å². The SMILES string of the molecule is O=S1(=O)CCC(c2nc(Cl)c3c(O)cccn23)CC1. The van der Waals surface area contributed by atoms with Gasteiger partial charge in [-0.05, 0) is 25.0 Å². The standard InChI is InChI=1S/C12H13ClN2O3S/c13-11-10-9(16)2-1-5-15(10)12(14-11)8-3-6-19(17,18)7-4-8/h1-2,5,8,16H,3-4,6-7H2. The van der Waals surface area contributed by atoms with E-state index in [1.807, 2.05) is 0 Å². The normalized spacial score (nSPS) is 19.8. The highest BCUT2D eigenvalue weighted by Crippen LogP contribution is 2.34. The predicted molar refractivity (Wildman–Crippen MR) is 72.5 cm³/mol. The van der Waals surface area contributed by atoms with E-state index in [0.717, 1.165) is 5.82 Å². The number of fused-ring (bicyclic) bond motifs is 1. The van der Waals surface area contributed by atoms with Crippen LogP contribution in [0.25, 0.3) is 5.52 Å². The van der Waals surface area contributed by atoms with E-state index in [1.54, 1.807) is 22.7 Å². The molecule has 2 aromatic rings. The lowest BCUT2D eigenvalue weighted by Gasteiger charge is -2.20. The van der Waals surface area contributed by atoms with E-state index < -0.39 is 9.84 Å². The van der Waals surface area contributed by atoms with Crippen LogP contribution < -0.4 is 0 Å². The molecule has 0 aromatic carbocycles. The first-order chi connectivity index (χ1) is 8.98. The van der Waals surface area contributed by atoms with Gasteiger partial charge in [0.1, 0.15) is 26.9 Å². The van der Waals surface area contributed by atoms with Gasteiger partial charge in [-0.2, -0.15) is 0 Å². The van der Waals surface area contributed by atoms with Crippen LogP contribution in [0.5, 0.6) is 5.75 Å². The lowest BCUT2D eigenvalue weighted by molar-refractivity contribution is 0.478. The largest absolute Gasteiger partial charge is 0.506 e. The van der Waals surface area contributed by atoms with Crippen LogP contribution in [0.15, 0.2) is 18.3 Å². The molecule has 19 heavy (non-hydrogen) atoms. The molecule has 1 fully saturated rings. The zero-order chi connectivity index (χ0) is 13.6. The third kappa shape index (κ3) is 2.19. The summed E-state index contributed by atoms with van der Waals surface area (Å²) in [4.78, 5) is 4.30. The summed E-state index contributed by atoms with van der Waals surface area (Å²) >= 11 is 6.05. The van der Waals surface area contributed by atoms with Gasteiger partial charge in [-0.3, -0.25) is 4.40 Å². The Kier molecular flexibility index (Phi) is 2.94. The number of imidazole rings is 1. The molecule has 1 saturated heterocycles. The molecular formula is C12H13ClN2O3S. The molecule has 0 atom stereocenters. The molecule has 1 N–H and O–H groups in total. The topological polar surface area (TPSA) is 71.7 Å². The lowest BCUT2D eigenvalue weighted by Crippen LogP contribution is -2.23. The molecule has 0 unspecified atom stereocenters. The van der Waals surface area contributed by atoms with E-state index in [0.29, 0.717) is 18.4 Å². The van der Waals surface area contributed by atoms with E-state index >= 15 is 0 Å². The second-order valence-corrected chi connectivity index (χ2v) is 7.46. The maximum Gasteiger partial charge on any atom is 0.158 e. The van der Waals surface area contributed by atoms with Gasteiger partial charge in [0.05, 0.1) is 11.5 Å².